The Hall–Kier alpha value is -0.580. The van der Waals surface area contributed by atoms with Crippen LogP contribution in [0, 0.1) is 0 Å². The zero-order chi connectivity index (χ0) is 11.3. The molecule has 3 nitrogen and oxygen atoms in total. The summed E-state index contributed by atoms with van der Waals surface area (Å²) in [6.07, 6.45) is 0. The lowest BCUT2D eigenvalue weighted by Gasteiger charge is -2.11. The van der Waals surface area contributed by atoms with Gasteiger partial charge in [-0.3, -0.25) is 4.79 Å². The number of nitrogens with one attached hydrogen (secondary N) is 2. The Morgan fingerprint density at radius 1 is 1.53 bits per heavy atom. The second-order valence-electron chi connectivity index (χ2n) is 3.30. The lowest BCUT2D eigenvalue weighted by molar-refractivity contribution is -0.118. The Morgan fingerprint density at radius 2 is 2.27 bits per heavy atom. The molecule has 15 heavy (non-hydrogen) atoms. The van der Waals surface area contributed by atoms with Crippen LogP contribution in [0.4, 0.5) is 0 Å². The molecular weight excluding hydrogens is 232 g/mol. The molecule has 1 aromatic rings. The van der Waals surface area contributed by atoms with E-state index in [-0.39, 0.29) is 11.9 Å². The smallest absolute Gasteiger partial charge is 0.216 e. The van der Waals surface area contributed by atoms with Crippen LogP contribution in [0.3, 0.4) is 0 Å². The van der Waals surface area contributed by atoms with Crippen molar-refractivity contribution < 1.29 is 4.79 Å². The summed E-state index contributed by atoms with van der Waals surface area (Å²) in [5, 5.41) is 6.04. The molecule has 1 amide bonds. The lowest BCUT2D eigenvalue weighted by Crippen LogP contribution is -2.31. The Balaban J connectivity index is 2.24. The lowest BCUT2D eigenvalue weighted by atomic mass is 10.3. The molecule has 0 bridgehead atoms. The van der Waals surface area contributed by atoms with Crippen molar-refractivity contribution in [1.82, 2.24) is 10.6 Å². The highest BCUT2D eigenvalue weighted by atomic mass is 35.5. The molecule has 2 N–H and O–H groups in total. The van der Waals surface area contributed by atoms with Crippen LogP contribution < -0.4 is 10.6 Å². The zero-order valence-electron chi connectivity index (χ0n) is 8.84. The first-order valence-electron chi connectivity index (χ1n) is 4.82. The van der Waals surface area contributed by atoms with E-state index in [0.717, 1.165) is 10.9 Å². The molecule has 0 aliphatic rings. The first kappa shape index (κ1) is 12.5. The summed E-state index contributed by atoms with van der Waals surface area (Å²) in [5.74, 6) is 0.00335. The maximum Gasteiger partial charge on any atom is 0.216 e. The standard InChI is InChI=1S/C10H15ClN2OS/c1-7(9-3-4-10(11)15-9)12-5-6-13-8(2)14/h3-4,7,12H,5-6H2,1-2H3,(H,13,14). The Morgan fingerprint density at radius 3 is 2.80 bits per heavy atom. The van der Waals surface area contributed by atoms with Crippen LogP contribution in [-0.4, -0.2) is 19.0 Å². The predicted octanol–water partition coefficient (Wildman–Crippen LogP) is 2.19. The maximum absolute atomic E-state index is 10.6. The third kappa shape index (κ3) is 4.64. The third-order valence-corrected chi connectivity index (χ3v) is 3.38. The number of hydrogen-bond donors (Lipinski definition) is 2. The quantitative estimate of drug-likeness (QED) is 0.782. The largest absolute Gasteiger partial charge is 0.355 e. The van der Waals surface area contributed by atoms with Crippen molar-refractivity contribution in [2.75, 3.05) is 13.1 Å². The second-order valence-corrected chi connectivity index (χ2v) is 5.05. The second kappa shape index (κ2) is 6.10. The van der Waals surface area contributed by atoms with E-state index in [1.54, 1.807) is 11.3 Å². The summed E-state index contributed by atoms with van der Waals surface area (Å²) in [6, 6.07) is 4.19. The van der Waals surface area contributed by atoms with Crippen molar-refractivity contribution in [2.45, 2.75) is 19.9 Å². The van der Waals surface area contributed by atoms with Gasteiger partial charge in [0, 0.05) is 30.9 Å². The molecule has 0 radical (unpaired) electrons. The predicted molar refractivity (Wildman–Crippen MR) is 64.4 cm³/mol. The molecule has 0 aromatic carbocycles. The van der Waals surface area contributed by atoms with E-state index >= 15 is 0 Å². The number of carbonyl (C=O) groups excluding carboxylic acids is 1. The fourth-order valence-corrected chi connectivity index (χ4v) is 2.28. The van der Waals surface area contributed by atoms with Crippen molar-refractivity contribution >= 4 is 28.8 Å². The summed E-state index contributed by atoms with van der Waals surface area (Å²) in [7, 11) is 0. The molecule has 84 valence electrons. The first-order chi connectivity index (χ1) is 7.09. The molecule has 1 rings (SSSR count). The highest BCUT2D eigenvalue weighted by molar-refractivity contribution is 7.16. The summed E-state index contributed by atoms with van der Waals surface area (Å²) >= 11 is 7.42. The van der Waals surface area contributed by atoms with Crippen molar-refractivity contribution in [2.24, 2.45) is 0 Å². The molecule has 0 aliphatic carbocycles. The van der Waals surface area contributed by atoms with Crippen molar-refractivity contribution in [1.29, 1.82) is 0 Å². The molecule has 5 heteroatoms. The average Bonchev–Trinajstić information content (AvgIpc) is 2.59. The Labute approximate surface area is 98.8 Å². The van der Waals surface area contributed by atoms with Gasteiger partial charge in [0.05, 0.1) is 4.34 Å². The minimum atomic E-state index is 0.00335. The molecule has 1 atom stereocenters. The van der Waals surface area contributed by atoms with E-state index < -0.39 is 0 Å². The first-order valence-corrected chi connectivity index (χ1v) is 6.02. The zero-order valence-corrected chi connectivity index (χ0v) is 10.4. The molecule has 1 aromatic heterocycles. The average molecular weight is 247 g/mol. The van der Waals surface area contributed by atoms with Crippen LogP contribution in [0.1, 0.15) is 24.8 Å². The number of thiophene rings is 1. The molecule has 0 fully saturated rings. The van der Waals surface area contributed by atoms with E-state index in [9.17, 15) is 4.79 Å². The minimum absolute atomic E-state index is 0.00335. The van der Waals surface area contributed by atoms with Gasteiger partial charge in [-0.2, -0.15) is 0 Å². The van der Waals surface area contributed by atoms with Gasteiger partial charge in [-0.25, -0.2) is 0 Å². The topological polar surface area (TPSA) is 41.1 Å². The molecule has 0 aliphatic heterocycles. The SMILES string of the molecule is CC(=O)NCCNC(C)c1ccc(Cl)s1. The van der Waals surface area contributed by atoms with Gasteiger partial charge in [0.15, 0.2) is 0 Å². The highest BCUT2D eigenvalue weighted by Crippen LogP contribution is 2.26. The molecule has 0 saturated heterocycles. The van der Waals surface area contributed by atoms with Crippen LogP contribution in [0.25, 0.3) is 0 Å². The Kier molecular flexibility index (Phi) is 5.08. The van der Waals surface area contributed by atoms with E-state index in [4.69, 9.17) is 11.6 Å². The van der Waals surface area contributed by atoms with Crippen LogP contribution in [0.5, 0.6) is 0 Å². The van der Waals surface area contributed by atoms with E-state index in [1.165, 1.54) is 11.8 Å². The number of hydrogen-bond acceptors (Lipinski definition) is 3. The normalized spacial score (nSPS) is 12.5. The van der Waals surface area contributed by atoms with Crippen LogP contribution in [0.15, 0.2) is 12.1 Å². The van der Waals surface area contributed by atoms with E-state index in [2.05, 4.69) is 17.6 Å². The monoisotopic (exact) mass is 246 g/mol. The fraction of sp³-hybridized carbons (Fsp3) is 0.500. The van der Waals surface area contributed by atoms with Gasteiger partial charge >= 0.3 is 0 Å². The summed E-state index contributed by atoms with van der Waals surface area (Å²) in [4.78, 5) is 11.8. The highest BCUT2D eigenvalue weighted by Gasteiger charge is 2.06. The number of carbonyl (C=O) groups is 1. The minimum Gasteiger partial charge on any atom is -0.355 e. The summed E-state index contributed by atoms with van der Waals surface area (Å²) in [6.45, 7) is 5.01. The van der Waals surface area contributed by atoms with Gasteiger partial charge in [-0.1, -0.05) is 11.6 Å². The Bertz CT molecular complexity index is 327. The molecule has 0 spiro atoms. The maximum atomic E-state index is 10.6. The number of amides is 1. The molecule has 1 heterocycles. The fourth-order valence-electron chi connectivity index (χ4n) is 1.19. The van der Waals surface area contributed by atoms with Crippen LogP contribution >= 0.6 is 22.9 Å². The van der Waals surface area contributed by atoms with Crippen molar-refractivity contribution in [3.05, 3.63) is 21.3 Å². The van der Waals surface area contributed by atoms with E-state index in [0.29, 0.717) is 6.54 Å². The molecular formula is C10H15ClN2OS. The summed E-state index contributed by atoms with van der Waals surface area (Å²) in [5.41, 5.74) is 0. The number of rotatable bonds is 5. The van der Waals surface area contributed by atoms with Gasteiger partial charge in [0.25, 0.3) is 0 Å². The number of halogens is 1. The van der Waals surface area contributed by atoms with Gasteiger partial charge in [-0.05, 0) is 19.1 Å². The van der Waals surface area contributed by atoms with Gasteiger partial charge in [0.2, 0.25) is 5.91 Å². The van der Waals surface area contributed by atoms with Crippen molar-refractivity contribution in [3.63, 3.8) is 0 Å². The third-order valence-electron chi connectivity index (χ3n) is 1.97. The van der Waals surface area contributed by atoms with Gasteiger partial charge < -0.3 is 10.6 Å². The van der Waals surface area contributed by atoms with Gasteiger partial charge in [-0.15, -0.1) is 11.3 Å². The molecule has 1 unspecified atom stereocenters. The molecule has 0 saturated carbocycles. The van der Waals surface area contributed by atoms with Crippen LogP contribution in [-0.2, 0) is 4.79 Å². The summed E-state index contributed by atoms with van der Waals surface area (Å²) < 4.78 is 0.806. The van der Waals surface area contributed by atoms with Gasteiger partial charge in [0.1, 0.15) is 0 Å². The van der Waals surface area contributed by atoms with E-state index in [1.807, 2.05) is 12.1 Å². The van der Waals surface area contributed by atoms with Crippen molar-refractivity contribution in [3.8, 4) is 0 Å². The van der Waals surface area contributed by atoms with Crippen LogP contribution in [0.2, 0.25) is 4.34 Å².